The van der Waals surface area contributed by atoms with Gasteiger partial charge in [0, 0.05) is 21.6 Å². The van der Waals surface area contributed by atoms with E-state index in [4.69, 9.17) is 15.2 Å². The Labute approximate surface area is 134 Å². The molecule has 21 heavy (non-hydrogen) atoms. The van der Waals surface area contributed by atoms with Gasteiger partial charge in [0.15, 0.2) is 0 Å². The highest BCUT2D eigenvalue weighted by Crippen LogP contribution is 2.28. The van der Waals surface area contributed by atoms with E-state index >= 15 is 0 Å². The summed E-state index contributed by atoms with van der Waals surface area (Å²) in [5.74, 6) is 1.63. The van der Waals surface area contributed by atoms with E-state index in [0.717, 1.165) is 27.1 Å². The second kappa shape index (κ2) is 6.96. The average Bonchev–Trinajstić information content (AvgIpc) is 2.46. The Morgan fingerprint density at radius 2 is 1.86 bits per heavy atom. The maximum Gasteiger partial charge on any atom is 0.125 e. The minimum Gasteiger partial charge on any atom is -0.496 e. The topological polar surface area (TPSA) is 44.5 Å². The maximum atomic E-state index is 6.02. The molecule has 3 nitrogen and oxygen atoms in total. The summed E-state index contributed by atoms with van der Waals surface area (Å²) in [6.07, 6.45) is 0. The lowest BCUT2D eigenvalue weighted by Crippen LogP contribution is -2.08. The first kappa shape index (κ1) is 15.9. The molecule has 0 unspecified atom stereocenters. The minimum absolute atomic E-state index is 0.0655. The second-order valence-corrected chi connectivity index (χ2v) is 5.99. The standard InChI is InChI=1S/C17H20BrNO2/c1-11-4-6-17(15(8-11)12(2)19)21-10-13-9-14(18)5-7-16(13)20-3/h4-9,12H,10,19H2,1-3H3/t12-/m1/s1. The van der Waals surface area contributed by atoms with Crippen molar-refractivity contribution >= 4 is 15.9 Å². The Bertz CT molecular complexity index is 626. The summed E-state index contributed by atoms with van der Waals surface area (Å²) in [5.41, 5.74) is 9.20. The fourth-order valence-corrected chi connectivity index (χ4v) is 2.58. The fraction of sp³-hybridized carbons (Fsp3) is 0.294. The molecule has 2 aromatic rings. The molecule has 2 rings (SSSR count). The van der Waals surface area contributed by atoms with Gasteiger partial charge in [0.2, 0.25) is 0 Å². The van der Waals surface area contributed by atoms with Gasteiger partial charge in [-0.05, 0) is 38.1 Å². The lowest BCUT2D eigenvalue weighted by atomic mass is 10.1. The van der Waals surface area contributed by atoms with Crippen LogP contribution in [0.5, 0.6) is 11.5 Å². The van der Waals surface area contributed by atoms with E-state index < -0.39 is 0 Å². The molecule has 0 radical (unpaired) electrons. The maximum absolute atomic E-state index is 6.02. The summed E-state index contributed by atoms with van der Waals surface area (Å²) in [5, 5.41) is 0. The molecule has 2 aromatic carbocycles. The highest BCUT2D eigenvalue weighted by atomic mass is 79.9. The monoisotopic (exact) mass is 349 g/mol. The summed E-state index contributed by atoms with van der Waals surface area (Å²) in [7, 11) is 1.66. The van der Waals surface area contributed by atoms with Crippen LogP contribution in [0.4, 0.5) is 0 Å². The Hall–Kier alpha value is -1.52. The quantitative estimate of drug-likeness (QED) is 0.871. The van der Waals surface area contributed by atoms with Crippen LogP contribution in [0, 0.1) is 6.92 Å². The molecule has 0 heterocycles. The van der Waals surface area contributed by atoms with E-state index in [1.54, 1.807) is 7.11 Å². The summed E-state index contributed by atoms with van der Waals surface area (Å²) in [4.78, 5) is 0. The Balaban J connectivity index is 2.22. The number of hydrogen-bond acceptors (Lipinski definition) is 3. The first-order valence-corrected chi connectivity index (χ1v) is 7.62. The van der Waals surface area contributed by atoms with Crippen molar-refractivity contribution in [2.75, 3.05) is 7.11 Å². The van der Waals surface area contributed by atoms with E-state index in [1.165, 1.54) is 5.56 Å². The molecule has 4 heteroatoms. The Morgan fingerprint density at radius 3 is 2.52 bits per heavy atom. The summed E-state index contributed by atoms with van der Waals surface area (Å²) >= 11 is 3.47. The third-order valence-corrected chi connectivity index (χ3v) is 3.77. The van der Waals surface area contributed by atoms with E-state index in [1.807, 2.05) is 44.2 Å². The predicted octanol–water partition coefficient (Wildman–Crippen LogP) is 4.36. The number of nitrogens with two attached hydrogens (primary N) is 1. The van der Waals surface area contributed by atoms with Gasteiger partial charge >= 0.3 is 0 Å². The Kier molecular flexibility index (Phi) is 5.26. The molecule has 0 saturated heterocycles. The van der Waals surface area contributed by atoms with E-state index in [0.29, 0.717) is 6.61 Å². The number of halogens is 1. The lowest BCUT2D eigenvalue weighted by Gasteiger charge is -2.16. The number of rotatable bonds is 5. The summed E-state index contributed by atoms with van der Waals surface area (Å²) < 4.78 is 12.3. The molecule has 1 atom stereocenters. The van der Waals surface area contributed by atoms with Crippen molar-refractivity contribution in [3.8, 4) is 11.5 Å². The zero-order valence-electron chi connectivity index (χ0n) is 12.5. The zero-order chi connectivity index (χ0) is 15.4. The molecule has 0 aliphatic rings. The number of aryl methyl sites for hydroxylation is 1. The molecule has 0 aliphatic heterocycles. The molecule has 0 aromatic heterocycles. The van der Waals surface area contributed by atoms with Crippen LogP contribution in [-0.4, -0.2) is 7.11 Å². The molecule has 0 fully saturated rings. The van der Waals surface area contributed by atoms with Gasteiger partial charge in [0.25, 0.3) is 0 Å². The molecule has 112 valence electrons. The fourth-order valence-electron chi connectivity index (χ4n) is 2.17. The first-order valence-electron chi connectivity index (χ1n) is 6.82. The minimum atomic E-state index is -0.0655. The van der Waals surface area contributed by atoms with E-state index in [-0.39, 0.29) is 6.04 Å². The van der Waals surface area contributed by atoms with Crippen LogP contribution in [-0.2, 0) is 6.61 Å². The third-order valence-electron chi connectivity index (χ3n) is 3.28. The molecule has 0 saturated carbocycles. The van der Waals surface area contributed by atoms with Gasteiger partial charge in [-0.3, -0.25) is 0 Å². The summed E-state index contributed by atoms with van der Waals surface area (Å²) in [6.45, 7) is 4.44. The molecule has 0 amide bonds. The molecule has 0 aliphatic carbocycles. The largest absolute Gasteiger partial charge is 0.496 e. The number of ether oxygens (including phenoxy) is 2. The van der Waals surface area contributed by atoms with Crippen molar-refractivity contribution in [2.24, 2.45) is 5.73 Å². The van der Waals surface area contributed by atoms with Crippen LogP contribution in [0.3, 0.4) is 0 Å². The number of methoxy groups -OCH3 is 1. The number of benzene rings is 2. The third kappa shape index (κ3) is 3.99. The van der Waals surface area contributed by atoms with Crippen LogP contribution in [0.1, 0.15) is 29.7 Å². The van der Waals surface area contributed by atoms with Crippen LogP contribution >= 0.6 is 15.9 Å². The Morgan fingerprint density at radius 1 is 1.14 bits per heavy atom. The highest BCUT2D eigenvalue weighted by Gasteiger charge is 2.10. The van der Waals surface area contributed by atoms with Crippen LogP contribution in [0.25, 0.3) is 0 Å². The van der Waals surface area contributed by atoms with Gasteiger partial charge in [0.1, 0.15) is 18.1 Å². The van der Waals surface area contributed by atoms with Crippen molar-refractivity contribution in [3.05, 3.63) is 57.6 Å². The average molecular weight is 350 g/mol. The van der Waals surface area contributed by atoms with Crippen LogP contribution in [0.15, 0.2) is 40.9 Å². The first-order chi connectivity index (χ1) is 10.0. The highest BCUT2D eigenvalue weighted by molar-refractivity contribution is 9.10. The smallest absolute Gasteiger partial charge is 0.125 e. The van der Waals surface area contributed by atoms with Crippen molar-refractivity contribution in [3.63, 3.8) is 0 Å². The van der Waals surface area contributed by atoms with Gasteiger partial charge in [-0.15, -0.1) is 0 Å². The molecular formula is C17H20BrNO2. The van der Waals surface area contributed by atoms with Gasteiger partial charge in [-0.1, -0.05) is 33.6 Å². The summed E-state index contributed by atoms with van der Waals surface area (Å²) in [6, 6.07) is 11.9. The molecule has 0 spiro atoms. The van der Waals surface area contributed by atoms with Gasteiger partial charge in [-0.25, -0.2) is 0 Å². The zero-order valence-corrected chi connectivity index (χ0v) is 14.1. The lowest BCUT2D eigenvalue weighted by molar-refractivity contribution is 0.292. The van der Waals surface area contributed by atoms with Crippen molar-refractivity contribution in [1.29, 1.82) is 0 Å². The molecular weight excluding hydrogens is 330 g/mol. The van der Waals surface area contributed by atoms with Crippen molar-refractivity contribution in [2.45, 2.75) is 26.5 Å². The normalized spacial score (nSPS) is 12.0. The van der Waals surface area contributed by atoms with Gasteiger partial charge in [0.05, 0.1) is 7.11 Å². The molecule has 0 bridgehead atoms. The van der Waals surface area contributed by atoms with Crippen LogP contribution < -0.4 is 15.2 Å². The van der Waals surface area contributed by atoms with E-state index in [2.05, 4.69) is 22.0 Å². The van der Waals surface area contributed by atoms with Crippen LogP contribution in [0.2, 0.25) is 0 Å². The van der Waals surface area contributed by atoms with E-state index in [9.17, 15) is 0 Å². The predicted molar refractivity (Wildman–Crippen MR) is 88.8 cm³/mol. The SMILES string of the molecule is COc1ccc(Br)cc1COc1ccc(C)cc1[C@@H](C)N. The van der Waals surface area contributed by atoms with Crippen molar-refractivity contribution < 1.29 is 9.47 Å². The van der Waals surface area contributed by atoms with Crippen molar-refractivity contribution in [1.82, 2.24) is 0 Å². The number of hydrogen-bond donors (Lipinski definition) is 1. The van der Waals surface area contributed by atoms with Gasteiger partial charge < -0.3 is 15.2 Å². The second-order valence-electron chi connectivity index (χ2n) is 5.07. The van der Waals surface area contributed by atoms with Gasteiger partial charge in [-0.2, -0.15) is 0 Å². The molecule has 2 N–H and O–H groups in total.